The minimum atomic E-state index is 0.566. The molecule has 0 aliphatic rings. The summed E-state index contributed by atoms with van der Waals surface area (Å²) >= 11 is 5.88. The molecule has 0 N–H and O–H groups in total. The smallest absolute Gasteiger partial charge is 0.160 e. The van der Waals surface area contributed by atoms with Gasteiger partial charge in [0.25, 0.3) is 0 Å². The lowest BCUT2D eigenvalue weighted by molar-refractivity contribution is 0.116. The van der Waals surface area contributed by atoms with Gasteiger partial charge in [0, 0.05) is 31.6 Å². The van der Waals surface area contributed by atoms with Crippen LogP contribution in [0.5, 0.6) is 0 Å². The van der Waals surface area contributed by atoms with E-state index in [1.54, 1.807) is 0 Å². The van der Waals surface area contributed by atoms with E-state index in [0.717, 1.165) is 48.5 Å². The molecule has 4 nitrogen and oxygen atoms in total. The quantitative estimate of drug-likeness (QED) is 0.552. The lowest BCUT2D eigenvalue weighted by Gasteiger charge is -2.09. The summed E-state index contributed by atoms with van der Waals surface area (Å²) in [4.78, 5) is 9.16. The molecule has 0 amide bonds. The zero-order valence-electron chi connectivity index (χ0n) is 13.1. The number of rotatable bonds is 8. The highest BCUT2D eigenvalue weighted by Gasteiger charge is 2.11. The summed E-state index contributed by atoms with van der Waals surface area (Å²) in [5.41, 5.74) is 2.99. The highest BCUT2D eigenvalue weighted by atomic mass is 35.5. The zero-order valence-corrected chi connectivity index (χ0v) is 13.9. The van der Waals surface area contributed by atoms with Crippen LogP contribution in [-0.4, -0.2) is 33.6 Å². The maximum absolute atomic E-state index is 5.88. The molecule has 0 atom stereocenters. The molecule has 0 aliphatic heterocycles. The van der Waals surface area contributed by atoms with E-state index < -0.39 is 0 Å². The van der Waals surface area contributed by atoms with Gasteiger partial charge in [-0.25, -0.2) is 9.97 Å². The number of alkyl halides is 1. The van der Waals surface area contributed by atoms with Crippen LogP contribution < -0.4 is 0 Å². The van der Waals surface area contributed by atoms with Crippen LogP contribution in [0.15, 0.2) is 12.3 Å². The first kappa shape index (κ1) is 16.2. The Bertz CT molecular complexity index is 580. The van der Waals surface area contributed by atoms with Gasteiger partial charge in [-0.15, -0.1) is 11.6 Å². The second-order valence-electron chi connectivity index (χ2n) is 5.77. The molecule has 0 aromatic carbocycles. The van der Waals surface area contributed by atoms with Crippen LogP contribution in [0.25, 0.3) is 11.2 Å². The lowest BCUT2D eigenvalue weighted by Crippen LogP contribution is -2.11. The number of fused-ring (bicyclic) bond motifs is 1. The summed E-state index contributed by atoms with van der Waals surface area (Å²) in [7, 11) is 0. The van der Waals surface area contributed by atoms with Crippen LogP contribution >= 0.6 is 11.6 Å². The first-order chi connectivity index (χ1) is 10.1. The fraction of sp³-hybridized carbons (Fsp3) is 0.625. The largest absolute Gasteiger partial charge is 0.380 e. The molecule has 2 rings (SSSR count). The fourth-order valence-electron chi connectivity index (χ4n) is 2.25. The van der Waals surface area contributed by atoms with Gasteiger partial charge in [0.1, 0.15) is 11.3 Å². The van der Waals surface area contributed by atoms with Crippen molar-refractivity contribution in [2.24, 2.45) is 5.92 Å². The summed E-state index contributed by atoms with van der Waals surface area (Å²) in [6.45, 7) is 8.71. The van der Waals surface area contributed by atoms with E-state index in [1.807, 2.05) is 13.1 Å². The van der Waals surface area contributed by atoms with Crippen molar-refractivity contribution in [1.82, 2.24) is 14.5 Å². The molecule has 0 bridgehead atoms. The monoisotopic (exact) mass is 309 g/mol. The van der Waals surface area contributed by atoms with Crippen molar-refractivity contribution in [2.45, 2.75) is 40.2 Å². The minimum absolute atomic E-state index is 0.566. The van der Waals surface area contributed by atoms with Crippen LogP contribution in [0.4, 0.5) is 0 Å². The van der Waals surface area contributed by atoms with Crippen LogP contribution in [0, 0.1) is 12.8 Å². The van der Waals surface area contributed by atoms with E-state index in [1.165, 1.54) is 0 Å². The van der Waals surface area contributed by atoms with Crippen molar-refractivity contribution >= 4 is 22.8 Å². The molecular formula is C16H24ClN3O. The van der Waals surface area contributed by atoms with Gasteiger partial charge in [0.15, 0.2) is 5.65 Å². The number of halogens is 1. The molecule has 0 spiro atoms. The number of aromatic nitrogens is 3. The number of hydrogen-bond acceptors (Lipinski definition) is 3. The topological polar surface area (TPSA) is 39.9 Å². The van der Waals surface area contributed by atoms with Crippen molar-refractivity contribution < 1.29 is 4.74 Å². The average molecular weight is 310 g/mol. The van der Waals surface area contributed by atoms with Gasteiger partial charge in [-0.1, -0.05) is 13.8 Å². The Morgan fingerprint density at radius 3 is 2.86 bits per heavy atom. The summed E-state index contributed by atoms with van der Waals surface area (Å²) in [6, 6.07) is 2.07. The Hall–Kier alpha value is -1.13. The van der Waals surface area contributed by atoms with Gasteiger partial charge < -0.3 is 9.30 Å². The van der Waals surface area contributed by atoms with E-state index in [-0.39, 0.29) is 0 Å². The average Bonchev–Trinajstić information content (AvgIpc) is 2.75. The standard InChI is InChI=1S/C16H24ClN3O/c1-12(2)5-8-21-9-7-20-15(4-6-17)19-14-10-13(3)11-18-16(14)20/h10-12H,4-9H2,1-3H3. The highest BCUT2D eigenvalue weighted by molar-refractivity contribution is 6.17. The molecule has 2 aromatic rings. The van der Waals surface area contributed by atoms with Gasteiger partial charge in [0.05, 0.1) is 6.61 Å². The number of nitrogens with zero attached hydrogens (tertiary/aromatic N) is 3. The SMILES string of the molecule is Cc1cnc2c(c1)nc(CCCl)n2CCOCCC(C)C. The number of ether oxygens (including phenoxy) is 1. The van der Waals surface area contributed by atoms with E-state index in [2.05, 4.69) is 34.4 Å². The maximum atomic E-state index is 5.88. The lowest BCUT2D eigenvalue weighted by atomic mass is 10.1. The molecule has 0 saturated carbocycles. The third-order valence-electron chi connectivity index (χ3n) is 3.42. The van der Waals surface area contributed by atoms with Gasteiger partial charge in [0.2, 0.25) is 0 Å². The summed E-state index contributed by atoms with van der Waals surface area (Å²) < 4.78 is 7.85. The third-order valence-corrected chi connectivity index (χ3v) is 3.61. The van der Waals surface area contributed by atoms with Gasteiger partial charge in [-0.2, -0.15) is 0 Å². The zero-order chi connectivity index (χ0) is 15.2. The number of aryl methyl sites for hydroxylation is 2. The van der Waals surface area contributed by atoms with Crippen LogP contribution in [0.2, 0.25) is 0 Å². The Labute approximate surface area is 131 Å². The number of imidazole rings is 1. The molecule has 0 fully saturated rings. The Balaban J connectivity index is 2.07. The van der Waals surface area contributed by atoms with E-state index in [0.29, 0.717) is 18.4 Å². The molecule has 2 aromatic heterocycles. The van der Waals surface area contributed by atoms with Gasteiger partial charge in [-0.05, 0) is 30.9 Å². The first-order valence-electron chi connectivity index (χ1n) is 7.57. The Morgan fingerprint density at radius 2 is 2.14 bits per heavy atom. The molecule has 0 unspecified atom stereocenters. The summed E-state index contributed by atoms with van der Waals surface area (Å²) in [6.07, 6.45) is 3.73. The van der Waals surface area contributed by atoms with Crippen molar-refractivity contribution in [3.63, 3.8) is 0 Å². The maximum Gasteiger partial charge on any atom is 0.160 e. The number of pyridine rings is 1. The molecular weight excluding hydrogens is 286 g/mol. The molecule has 116 valence electrons. The normalized spacial score (nSPS) is 11.7. The molecule has 21 heavy (non-hydrogen) atoms. The Morgan fingerprint density at radius 1 is 1.33 bits per heavy atom. The fourth-order valence-corrected chi connectivity index (χ4v) is 2.41. The summed E-state index contributed by atoms with van der Waals surface area (Å²) in [5.74, 6) is 2.23. The van der Waals surface area contributed by atoms with Crippen molar-refractivity contribution in [3.05, 3.63) is 23.7 Å². The molecule has 2 heterocycles. The second kappa shape index (κ2) is 7.76. The predicted octanol–water partition coefficient (Wildman–Crippen LogP) is 3.58. The van der Waals surface area contributed by atoms with E-state index in [4.69, 9.17) is 16.3 Å². The minimum Gasteiger partial charge on any atom is -0.380 e. The third kappa shape index (κ3) is 4.42. The van der Waals surface area contributed by atoms with Gasteiger partial charge >= 0.3 is 0 Å². The molecule has 0 aliphatic carbocycles. The summed E-state index contributed by atoms with van der Waals surface area (Å²) in [5, 5.41) is 0. The van der Waals surface area contributed by atoms with E-state index in [9.17, 15) is 0 Å². The van der Waals surface area contributed by atoms with Crippen molar-refractivity contribution in [3.8, 4) is 0 Å². The predicted molar refractivity (Wildman–Crippen MR) is 87.0 cm³/mol. The Kier molecular flexibility index (Phi) is 6.00. The second-order valence-corrected chi connectivity index (χ2v) is 6.15. The van der Waals surface area contributed by atoms with Crippen LogP contribution in [0.3, 0.4) is 0 Å². The molecule has 0 saturated heterocycles. The van der Waals surface area contributed by atoms with Gasteiger partial charge in [-0.3, -0.25) is 0 Å². The van der Waals surface area contributed by atoms with Crippen molar-refractivity contribution in [2.75, 3.05) is 19.1 Å². The number of hydrogen-bond donors (Lipinski definition) is 0. The molecule has 5 heteroatoms. The first-order valence-corrected chi connectivity index (χ1v) is 8.10. The van der Waals surface area contributed by atoms with Crippen LogP contribution in [0.1, 0.15) is 31.7 Å². The highest BCUT2D eigenvalue weighted by Crippen LogP contribution is 2.16. The van der Waals surface area contributed by atoms with Crippen LogP contribution in [-0.2, 0) is 17.7 Å². The van der Waals surface area contributed by atoms with Crippen molar-refractivity contribution in [1.29, 1.82) is 0 Å². The molecule has 0 radical (unpaired) electrons. The van der Waals surface area contributed by atoms with E-state index >= 15 is 0 Å².